The van der Waals surface area contributed by atoms with Crippen LogP contribution >= 0.6 is 23.2 Å². The van der Waals surface area contributed by atoms with Crippen molar-refractivity contribution in [3.63, 3.8) is 0 Å². The van der Waals surface area contributed by atoms with Crippen molar-refractivity contribution in [1.29, 1.82) is 0 Å². The van der Waals surface area contributed by atoms with Gasteiger partial charge in [0, 0.05) is 0 Å². The molecule has 0 spiro atoms. The van der Waals surface area contributed by atoms with Crippen molar-refractivity contribution in [2.75, 3.05) is 0 Å². The molecule has 2 unspecified atom stereocenters. The number of alkyl halides is 2. The van der Waals surface area contributed by atoms with Crippen LogP contribution in [0.4, 0.5) is 0 Å². The predicted molar refractivity (Wildman–Crippen MR) is 76.0 cm³/mol. The van der Waals surface area contributed by atoms with Gasteiger partial charge < -0.3 is 9.47 Å². The molecule has 0 bridgehead atoms. The number of ketones is 1. The van der Waals surface area contributed by atoms with E-state index in [-0.39, 0.29) is 0 Å². The maximum absolute atomic E-state index is 11.8. The molecule has 20 heavy (non-hydrogen) atoms. The number of ether oxygens (including phenoxy) is 2. The van der Waals surface area contributed by atoms with E-state index in [0.29, 0.717) is 0 Å². The molecule has 116 valence electrons. The molecule has 5 nitrogen and oxygen atoms in total. The van der Waals surface area contributed by atoms with E-state index in [1.807, 2.05) is 0 Å². The molecule has 0 aliphatic carbocycles. The molecule has 0 amide bonds. The van der Waals surface area contributed by atoms with E-state index >= 15 is 0 Å². The van der Waals surface area contributed by atoms with E-state index in [0.717, 1.165) is 0 Å². The van der Waals surface area contributed by atoms with Gasteiger partial charge in [-0.05, 0) is 41.5 Å². The molecule has 0 aliphatic rings. The number of carbonyl (C=O) groups excluding carboxylic acids is 3. The quantitative estimate of drug-likeness (QED) is 0.451. The zero-order valence-electron chi connectivity index (χ0n) is 12.5. The van der Waals surface area contributed by atoms with Gasteiger partial charge in [-0.2, -0.15) is 0 Å². The summed E-state index contributed by atoms with van der Waals surface area (Å²) in [5.74, 6) is -2.85. The van der Waals surface area contributed by atoms with Crippen LogP contribution in [-0.4, -0.2) is 39.7 Å². The summed E-state index contributed by atoms with van der Waals surface area (Å²) in [6.07, 6.45) is 0. The molecular formula is C13H20Cl2O5. The van der Waals surface area contributed by atoms with E-state index in [1.54, 1.807) is 41.5 Å². The minimum Gasteiger partial charge on any atom is -0.459 e. The SMILES string of the molecule is CC(C)(C)OC(=O)C(Cl)C(=O)C(Cl)C(=O)OC(C)(C)C. The first-order valence-corrected chi connectivity index (χ1v) is 6.89. The van der Waals surface area contributed by atoms with E-state index in [2.05, 4.69) is 0 Å². The predicted octanol–water partition coefficient (Wildman–Crippen LogP) is 2.45. The van der Waals surface area contributed by atoms with Gasteiger partial charge in [0.1, 0.15) is 11.2 Å². The molecule has 0 aliphatic heterocycles. The fourth-order valence-corrected chi connectivity index (χ4v) is 1.47. The number of carbonyl (C=O) groups is 3. The van der Waals surface area contributed by atoms with Gasteiger partial charge in [-0.15, -0.1) is 23.2 Å². The smallest absolute Gasteiger partial charge is 0.332 e. The summed E-state index contributed by atoms with van der Waals surface area (Å²) in [6.45, 7) is 9.78. The zero-order valence-corrected chi connectivity index (χ0v) is 14.0. The second-order valence-corrected chi connectivity index (χ2v) is 7.07. The topological polar surface area (TPSA) is 69.7 Å². The lowest BCUT2D eigenvalue weighted by Gasteiger charge is -2.23. The van der Waals surface area contributed by atoms with Gasteiger partial charge in [-0.3, -0.25) is 4.79 Å². The molecule has 2 atom stereocenters. The molecule has 0 saturated carbocycles. The Morgan fingerprint density at radius 3 is 1.20 bits per heavy atom. The summed E-state index contributed by atoms with van der Waals surface area (Å²) in [6, 6.07) is 0. The van der Waals surface area contributed by atoms with Gasteiger partial charge in [0.2, 0.25) is 0 Å². The summed E-state index contributed by atoms with van der Waals surface area (Å²) in [4.78, 5) is 35.1. The van der Waals surface area contributed by atoms with Crippen molar-refractivity contribution in [3.05, 3.63) is 0 Å². The van der Waals surface area contributed by atoms with Crippen molar-refractivity contribution in [1.82, 2.24) is 0 Å². The molecule has 0 saturated heterocycles. The minimum atomic E-state index is -1.65. The van der Waals surface area contributed by atoms with Crippen molar-refractivity contribution in [3.8, 4) is 0 Å². The highest BCUT2D eigenvalue weighted by molar-refractivity contribution is 6.51. The second-order valence-electron chi connectivity index (χ2n) is 6.19. The van der Waals surface area contributed by atoms with E-state index in [4.69, 9.17) is 32.7 Å². The lowest BCUT2D eigenvalue weighted by atomic mass is 10.1. The monoisotopic (exact) mass is 326 g/mol. The van der Waals surface area contributed by atoms with Crippen LogP contribution in [0.25, 0.3) is 0 Å². The molecule has 7 heteroatoms. The van der Waals surface area contributed by atoms with Crippen LogP contribution in [0.5, 0.6) is 0 Å². The van der Waals surface area contributed by atoms with Crippen molar-refractivity contribution >= 4 is 40.9 Å². The van der Waals surface area contributed by atoms with Gasteiger partial charge >= 0.3 is 11.9 Å². The summed E-state index contributed by atoms with van der Waals surface area (Å²) in [5.41, 5.74) is -1.59. The fraction of sp³-hybridized carbons (Fsp3) is 0.769. The Morgan fingerprint density at radius 2 is 1.00 bits per heavy atom. The third-order valence-electron chi connectivity index (χ3n) is 1.73. The summed E-state index contributed by atoms with van der Waals surface area (Å²) in [5, 5.41) is -3.30. The van der Waals surface area contributed by atoms with Crippen LogP contribution < -0.4 is 0 Å². The van der Waals surface area contributed by atoms with Crippen LogP contribution in [-0.2, 0) is 23.9 Å². The summed E-state index contributed by atoms with van der Waals surface area (Å²) >= 11 is 11.4. The van der Waals surface area contributed by atoms with Crippen LogP contribution in [0, 0.1) is 0 Å². The summed E-state index contributed by atoms with van der Waals surface area (Å²) < 4.78 is 9.90. The number of rotatable bonds is 4. The maximum Gasteiger partial charge on any atom is 0.332 e. The highest BCUT2D eigenvalue weighted by Gasteiger charge is 2.38. The second kappa shape index (κ2) is 6.76. The van der Waals surface area contributed by atoms with E-state index < -0.39 is 39.7 Å². The van der Waals surface area contributed by atoms with Crippen molar-refractivity contribution in [2.45, 2.75) is 63.5 Å². The van der Waals surface area contributed by atoms with Crippen molar-refractivity contribution < 1.29 is 23.9 Å². The van der Waals surface area contributed by atoms with Crippen LogP contribution in [0.3, 0.4) is 0 Å². The first kappa shape index (κ1) is 19.2. The minimum absolute atomic E-state index is 0.793. The molecule has 0 aromatic rings. The Kier molecular flexibility index (Phi) is 6.49. The molecule has 0 N–H and O–H groups in total. The lowest BCUT2D eigenvalue weighted by molar-refractivity contribution is -0.157. The molecule has 0 rings (SSSR count). The van der Waals surface area contributed by atoms with Crippen molar-refractivity contribution in [2.24, 2.45) is 0 Å². The molecule has 0 radical (unpaired) electrons. The molecule has 0 aromatic heterocycles. The highest BCUT2D eigenvalue weighted by Crippen LogP contribution is 2.17. The van der Waals surface area contributed by atoms with E-state index in [1.165, 1.54) is 0 Å². The Balaban J connectivity index is 4.73. The van der Waals surface area contributed by atoms with Crippen LogP contribution in [0.1, 0.15) is 41.5 Å². The molecule has 0 aromatic carbocycles. The number of hydrogen-bond acceptors (Lipinski definition) is 5. The first-order chi connectivity index (χ1) is 8.74. The fourth-order valence-electron chi connectivity index (χ4n) is 1.07. The average molecular weight is 327 g/mol. The van der Waals surface area contributed by atoms with Crippen LogP contribution in [0.2, 0.25) is 0 Å². The highest BCUT2D eigenvalue weighted by atomic mass is 35.5. The normalized spacial score (nSPS) is 15.2. The number of Topliss-reactive ketones (excluding diaryl/α,β-unsaturated/α-hetero) is 1. The standard InChI is InChI=1S/C13H20Cl2O5/c1-12(2,3)19-10(17)7(14)9(16)8(15)11(18)20-13(4,5)6/h7-8H,1-6H3. The Morgan fingerprint density at radius 1 is 0.750 bits per heavy atom. The Hall–Kier alpha value is -0.810. The molecule has 0 heterocycles. The van der Waals surface area contributed by atoms with Gasteiger partial charge in [-0.25, -0.2) is 9.59 Å². The van der Waals surface area contributed by atoms with Gasteiger partial charge in [0.25, 0.3) is 0 Å². The maximum atomic E-state index is 11.8. The number of halogens is 2. The third-order valence-corrected chi connectivity index (χ3v) is 2.51. The zero-order chi connectivity index (χ0) is 16.3. The Bertz CT molecular complexity index is 357. The molecular weight excluding hydrogens is 307 g/mol. The average Bonchev–Trinajstić information content (AvgIpc) is 2.21. The van der Waals surface area contributed by atoms with Crippen LogP contribution in [0.15, 0.2) is 0 Å². The first-order valence-electron chi connectivity index (χ1n) is 6.02. The third kappa shape index (κ3) is 7.10. The largest absolute Gasteiger partial charge is 0.459 e. The van der Waals surface area contributed by atoms with Gasteiger partial charge in [0.15, 0.2) is 16.5 Å². The van der Waals surface area contributed by atoms with E-state index in [9.17, 15) is 14.4 Å². The Labute approximate surface area is 128 Å². The molecule has 0 fully saturated rings. The number of esters is 2. The lowest BCUT2D eigenvalue weighted by Crippen LogP contribution is -2.41. The summed E-state index contributed by atoms with van der Waals surface area (Å²) in [7, 11) is 0. The van der Waals surface area contributed by atoms with Gasteiger partial charge in [0.05, 0.1) is 0 Å². The van der Waals surface area contributed by atoms with Gasteiger partial charge in [-0.1, -0.05) is 0 Å². The number of hydrogen-bond donors (Lipinski definition) is 0.